The number of benzene rings is 1. The molecule has 0 aliphatic carbocycles. The average Bonchev–Trinajstić information content (AvgIpc) is 2.59. The van der Waals surface area contributed by atoms with Gasteiger partial charge in [-0.05, 0) is 30.4 Å². The Kier molecular flexibility index (Phi) is 8.51. The Labute approximate surface area is 155 Å². The minimum Gasteiger partial charge on any atom is -0.469 e. The van der Waals surface area contributed by atoms with E-state index in [9.17, 15) is 14.9 Å². The van der Waals surface area contributed by atoms with Crippen LogP contribution in [0.4, 0.5) is 11.4 Å². The lowest BCUT2D eigenvalue weighted by molar-refractivity contribution is -0.384. The van der Waals surface area contributed by atoms with Crippen LogP contribution in [0.1, 0.15) is 45.6 Å². The Morgan fingerprint density at radius 3 is 2.35 bits per heavy atom. The van der Waals surface area contributed by atoms with Crippen LogP contribution >= 0.6 is 0 Å². The lowest BCUT2D eigenvalue weighted by Gasteiger charge is -2.29. The molecule has 26 heavy (non-hydrogen) atoms. The molecule has 0 unspecified atom stereocenters. The number of methoxy groups -OCH3 is 2. The topological polar surface area (TPSA) is 81.9 Å². The molecule has 2 atom stereocenters. The van der Waals surface area contributed by atoms with E-state index in [4.69, 9.17) is 4.74 Å². The first-order chi connectivity index (χ1) is 12.2. The van der Waals surface area contributed by atoms with Crippen molar-refractivity contribution in [3.63, 3.8) is 0 Å². The summed E-state index contributed by atoms with van der Waals surface area (Å²) in [6, 6.07) is 5.18. The Balaban J connectivity index is 3.23. The number of nitro groups is 1. The minimum absolute atomic E-state index is 0.0446. The largest absolute Gasteiger partial charge is 0.469 e. The SMILES string of the molecule is COC(=O)C[C@@H](C)c1ccc(N(CC(C)C)C[C@@H](C)OC)c([N+](=O)[O-])c1. The maximum Gasteiger partial charge on any atom is 0.306 e. The van der Waals surface area contributed by atoms with Gasteiger partial charge >= 0.3 is 5.97 Å². The number of nitro benzene ring substituents is 1. The Hall–Kier alpha value is -2.15. The van der Waals surface area contributed by atoms with Crippen LogP contribution in [0.3, 0.4) is 0 Å². The van der Waals surface area contributed by atoms with Gasteiger partial charge in [0.05, 0.1) is 24.6 Å². The first-order valence-corrected chi connectivity index (χ1v) is 8.82. The van der Waals surface area contributed by atoms with E-state index >= 15 is 0 Å². The monoisotopic (exact) mass is 366 g/mol. The molecular formula is C19H30N2O5. The van der Waals surface area contributed by atoms with Crippen LogP contribution < -0.4 is 4.90 Å². The number of ether oxygens (including phenoxy) is 2. The number of anilines is 1. The Bertz CT molecular complexity index is 618. The summed E-state index contributed by atoms with van der Waals surface area (Å²) in [6.07, 6.45) is 0.134. The van der Waals surface area contributed by atoms with Crippen LogP contribution in [0.15, 0.2) is 18.2 Å². The average molecular weight is 366 g/mol. The summed E-state index contributed by atoms with van der Waals surface area (Å²) < 4.78 is 10.0. The quantitative estimate of drug-likeness (QED) is 0.356. The predicted octanol–water partition coefficient (Wildman–Crippen LogP) is 3.76. The van der Waals surface area contributed by atoms with Crippen LogP contribution in [0, 0.1) is 16.0 Å². The summed E-state index contributed by atoms with van der Waals surface area (Å²) in [5, 5.41) is 11.7. The van der Waals surface area contributed by atoms with Crippen molar-refractivity contribution < 1.29 is 19.2 Å². The zero-order valence-corrected chi connectivity index (χ0v) is 16.5. The van der Waals surface area contributed by atoms with Crippen LogP contribution in [0.2, 0.25) is 0 Å². The van der Waals surface area contributed by atoms with E-state index in [1.807, 2.05) is 24.8 Å². The van der Waals surface area contributed by atoms with Gasteiger partial charge in [-0.15, -0.1) is 0 Å². The smallest absolute Gasteiger partial charge is 0.306 e. The number of hydrogen-bond donors (Lipinski definition) is 0. The maximum absolute atomic E-state index is 11.7. The Morgan fingerprint density at radius 2 is 1.85 bits per heavy atom. The summed E-state index contributed by atoms with van der Waals surface area (Å²) in [7, 11) is 2.96. The first-order valence-electron chi connectivity index (χ1n) is 8.82. The van der Waals surface area contributed by atoms with E-state index in [2.05, 4.69) is 18.6 Å². The highest BCUT2D eigenvalue weighted by atomic mass is 16.6. The number of carbonyl (C=O) groups is 1. The number of nitrogens with zero attached hydrogens (tertiary/aromatic N) is 2. The van der Waals surface area contributed by atoms with E-state index in [1.165, 1.54) is 7.11 Å². The van der Waals surface area contributed by atoms with E-state index in [0.717, 1.165) is 5.56 Å². The van der Waals surface area contributed by atoms with Gasteiger partial charge in [-0.3, -0.25) is 14.9 Å². The van der Waals surface area contributed by atoms with Gasteiger partial charge in [-0.1, -0.05) is 26.8 Å². The molecular weight excluding hydrogens is 336 g/mol. The standard InChI is InChI=1S/C19H30N2O5/c1-13(2)11-20(12-15(4)25-5)17-8-7-16(10-18(17)21(23)24)14(3)9-19(22)26-6/h7-8,10,13-15H,9,11-12H2,1-6H3/t14-,15-/m1/s1. The van der Waals surface area contributed by atoms with Crippen molar-refractivity contribution in [2.75, 3.05) is 32.2 Å². The lowest BCUT2D eigenvalue weighted by atomic mass is 9.96. The summed E-state index contributed by atoms with van der Waals surface area (Å²) >= 11 is 0. The van der Waals surface area contributed by atoms with Gasteiger partial charge in [-0.25, -0.2) is 0 Å². The molecule has 0 N–H and O–H groups in total. The second-order valence-electron chi connectivity index (χ2n) is 7.03. The second kappa shape index (κ2) is 10.1. The molecule has 146 valence electrons. The van der Waals surface area contributed by atoms with Crippen molar-refractivity contribution in [3.05, 3.63) is 33.9 Å². The molecule has 0 aromatic heterocycles. The van der Waals surface area contributed by atoms with Crippen molar-refractivity contribution in [2.24, 2.45) is 5.92 Å². The number of esters is 1. The molecule has 0 aliphatic heterocycles. The van der Waals surface area contributed by atoms with Crippen LogP contribution in [-0.2, 0) is 14.3 Å². The highest BCUT2D eigenvalue weighted by Gasteiger charge is 2.24. The van der Waals surface area contributed by atoms with E-state index in [-0.39, 0.29) is 35.0 Å². The minimum atomic E-state index is -0.367. The van der Waals surface area contributed by atoms with Crippen LogP contribution in [0.5, 0.6) is 0 Å². The van der Waals surface area contributed by atoms with Crippen molar-refractivity contribution in [1.29, 1.82) is 0 Å². The third kappa shape index (κ3) is 6.29. The number of hydrogen-bond acceptors (Lipinski definition) is 6. The van der Waals surface area contributed by atoms with Crippen molar-refractivity contribution in [3.8, 4) is 0 Å². The van der Waals surface area contributed by atoms with Gasteiger partial charge in [-0.2, -0.15) is 0 Å². The van der Waals surface area contributed by atoms with Crippen molar-refractivity contribution in [1.82, 2.24) is 0 Å². The lowest BCUT2D eigenvalue weighted by Crippen LogP contribution is -2.35. The van der Waals surface area contributed by atoms with E-state index < -0.39 is 0 Å². The summed E-state index contributed by atoms with van der Waals surface area (Å²) in [6.45, 7) is 9.19. The third-order valence-corrected chi connectivity index (χ3v) is 4.27. The number of rotatable bonds is 10. The molecule has 1 aromatic carbocycles. The van der Waals surface area contributed by atoms with Gasteiger partial charge in [0.15, 0.2) is 0 Å². The summed E-state index contributed by atoms with van der Waals surface area (Å²) in [4.78, 5) is 24.8. The van der Waals surface area contributed by atoms with Crippen LogP contribution in [-0.4, -0.2) is 44.3 Å². The number of carbonyl (C=O) groups excluding carboxylic acids is 1. The van der Waals surface area contributed by atoms with Gasteiger partial charge in [0.2, 0.25) is 0 Å². The van der Waals surface area contributed by atoms with Gasteiger partial charge in [0, 0.05) is 26.3 Å². The third-order valence-electron chi connectivity index (χ3n) is 4.27. The molecule has 0 radical (unpaired) electrons. The highest BCUT2D eigenvalue weighted by Crippen LogP contribution is 2.33. The molecule has 1 rings (SSSR count). The molecule has 0 fully saturated rings. The molecule has 7 heteroatoms. The molecule has 0 bridgehead atoms. The summed E-state index contributed by atoms with van der Waals surface area (Å²) in [5.74, 6) is -0.150. The van der Waals surface area contributed by atoms with Gasteiger partial charge < -0.3 is 14.4 Å². The van der Waals surface area contributed by atoms with E-state index in [0.29, 0.717) is 24.7 Å². The molecule has 1 aromatic rings. The normalized spacial score (nSPS) is 13.3. The Morgan fingerprint density at radius 1 is 1.19 bits per heavy atom. The van der Waals surface area contributed by atoms with Gasteiger partial charge in [0.25, 0.3) is 5.69 Å². The molecule has 0 spiro atoms. The van der Waals surface area contributed by atoms with Crippen molar-refractivity contribution in [2.45, 2.75) is 46.1 Å². The molecule has 7 nitrogen and oxygen atoms in total. The van der Waals surface area contributed by atoms with E-state index in [1.54, 1.807) is 19.2 Å². The molecule has 0 saturated heterocycles. The molecule has 0 heterocycles. The fourth-order valence-electron chi connectivity index (χ4n) is 2.81. The maximum atomic E-state index is 11.7. The van der Waals surface area contributed by atoms with Crippen LogP contribution in [0.25, 0.3) is 0 Å². The molecule has 0 aliphatic rings. The summed E-state index contributed by atoms with van der Waals surface area (Å²) in [5.41, 5.74) is 1.36. The predicted molar refractivity (Wildman–Crippen MR) is 102 cm³/mol. The highest BCUT2D eigenvalue weighted by molar-refractivity contribution is 5.71. The van der Waals surface area contributed by atoms with Crippen molar-refractivity contribution >= 4 is 17.3 Å². The zero-order chi connectivity index (χ0) is 19.9. The van der Waals surface area contributed by atoms with Gasteiger partial charge in [0.1, 0.15) is 5.69 Å². The molecule has 0 amide bonds. The second-order valence-corrected chi connectivity index (χ2v) is 7.03. The molecule has 0 saturated carbocycles. The zero-order valence-electron chi connectivity index (χ0n) is 16.5. The fraction of sp³-hybridized carbons (Fsp3) is 0.632. The first kappa shape index (κ1) is 21.9. The fourth-order valence-corrected chi connectivity index (χ4v) is 2.81.